The fraction of sp³-hybridized carbons (Fsp3) is 0.324. The molecule has 7 heteroatoms. The molecule has 41 heavy (non-hydrogen) atoms. The summed E-state index contributed by atoms with van der Waals surface area (Å²) in [7, 11) is -2.57. The van der Waals surface area contributed by atoms with Crippen LogP contribution in [0.2, 0.25) is 0 Å². The van der Waals surface area contributed by atoms with E-state index in [-0.39, 0.29) is 18.4 Å². The molecule has 1 saturated heterocycles. The standard InChI is InChI=1S/C24H29N3O3S.C10H8/c28-24(16-23(26-31(29)30)18-8-3-1-4-9-18)25-22-13-12-20-19(10-7-11-21(20)22)17-27-14-5-2-6-15-27;1-2-6-10-8-4-3-7-9(10)5-1/h1,3-4,7-11,22-23H,2,5-6,12-17H2,(H,25,28);1-8H. The number of carbonyl (C=O) groups excluding carboxylic acids is 1. The van der Waals surface area contributed by atoms with Crippen LogP contribution in [0.15, 0.2) is 101 Å². The minimum Gasteiger partial charge on any atom is -0.349 e. The van der Waals surface area contributed by atoms with Crippen molar-refractivity contribution in [3.8, 4) is 0 Å². The van der Waals surface area contributed by atoms with Crippen molar-refractivity contribution < 1.29 is 13.2 Å². The average Bonchev–Trinajstić information content (AvgIpc) is 3.41. The van der Waals surface area contributed by atoms with Crippen LogP contribution in [0, 0.1) is 0 Å². The van der Waals surface area contributed by atoms with E-state index in [4.69, 9.17) is 0 Å². The highest BCUT2D eigenvalue weighted by molar-refractivity contribution is 7.61. The Balaban J connectivity index is 0.000000282. The fourth-order valence-electron chi connectivity index (χ4n) is 5.94. The third kappa shape index (κ3) is 7.90. The summed E-state index contributed by atoms with van der Waals surface area (Å²) in [6, 6.07) is 31.5. The van der Waals surface area contributed by atoms with Crippen LogP contribution in [-0.2, 0) is 28.3 Å². The zero-order valence-electron chi connectivity index (χ0n) is 23.3. The Kier molecular flexibility index (Phi) is 9.94. The highest BCUT2D eigenvalue weighted by Crippen LogP contribution is 2.34. The summed E-state index contributed by atoms with van der Waals surface area (Å²) >= 11 is 0. The molecule has 212 valence electrons. The summed E-state index contributed by atoms with van der Waals surface area (Å²) < 4.78 is 26.1. The molecule has 4 aromatic rings. The Bertz CT molecular complexity index is 1520. The highest BCUT2D eigenvalue weighted by atomic mass is 32.2. The molecule has 1 N–H and O–H groups in total. The molecule has 0 bridgehead atoms. The molecule has 1 amide bonds. The lowest BCUT2D eigenvalue weighted by Crippen LogP contribution is -2.29. The smallest absolute Gasteiger partial charge is 0.311 e. The highest BCUT2D eigenvalue weighted by Gasteiger charge is 2.27. The third-order valence-electron chi connectivity index (χ3n) is 7.98. The molecule has 6 rings (SSSR count). The van der Waals surface area contributed by atoms with Crippen molar-refractivity contribution in [2.75, 3.05) is 13.1 Å². The molecule has 1 fully saturated rings. The van der Waals surface area contributed by atoms with Gasteiger partial charge in [-0.25, -0.2) is 0 Å². The SMILES string of the molecule is O=C(CC(N=S(=O)=O)c1ccccc1)NC1CCc2c(CN3CCCCC3)cccc21.c1ccc2ccccc2c1. The van der Waals surface area contributed by atoms with E-state index in [1.807, 2.05) is 18.2 Å². The number of hydrogen-bond donors (Lipinski definition) is 1. The van der Waals surface area contributed by atoms with Crippen LogP contribution in [0.4, 0.5) is 0 Å². The minimum atomic E-state index is -2.57. The van der Waals surface area contributed by atoms with Gasteiger partial charge in [0.1, 0.15) is 6.04 Å². The van der Waals surface area contributed by atoms with Crippen LogP contribution in [0.25, 0.3) is 10.8 Å². The van der Waals surface area contributed by atoms with E-state index in [0.29, 0.717) is 0 Å². The molecule has 2 atom stereocenters. The molecule has 0 aromatic heterocycles. The van der Waals surface area contributed by atoms with Crippen molar-refractivity contribution in [3.05, 3.63) is 119 Å². The van der Waals surface area contributed by atoms with E-state index in [1.165, 1.54) is 46.7 Å². The summed E-state index contributed by atoms with van der Waals surface area (Å²) in [6.45, 7) is 3.30. The Morgan fingerprint density at radius 2 is 1.46 bits per heavy atom. The van der Waals surface area contributed by atoms with E-state index in [2.05, 4.69) is 81.3 Å². The van der Waals surface area contributed by atoms with E-state index in [1.54, 1.807) is 12.1 Å². The van der Waals surface area contributed by atoms with Gasteiger partial charge in [-0.15, -0.1) is 0 Å². The van der Waals surface area contributed by atoms with Gasteiger partial charge in [-0.05, 0) is 71.8 Å². The molecule has 2 unspecified atom stereocenters. The van der Waals surface area contributed by atoms with Crippen molar-refractivity contribution in [2.24, 2.45) is 4.36 Å². The maximum Gasteiger partial charge on any atom is 0.311 e. The molecule has 1 aliphatic heterocycles. The van der Waals surface area contributed by atoms with Crippen LogP contribution in [-0.4, -0.2) is 32.3 Å². The molecular weight excluding hydrogens is 530 g/mol. The normalized spacial score (nSPS) is 17.1. The Labute approximate surface area is 244 Å². The summed E-state index contributed by atoms with van der Waals surface area (Å²) in [5.41, 5.74) is 4.65. The van der Waals surface area contributed by atoms with Crippen LogP contribution in [0.3, 0.4) is 0 Å². The van der Waals surface area contributed by atoms with Gasteiger partial charge in [-0.3, -0.25) is 9.69 Å². The number of nitrogens with one attached hydrogen (secondary N) is 1. The van der Waals surface area contributed by atoms with Crippen LogP contribution >= 0.6 is 0 Å². The first kappa shape index (κ1) is 28.7. The first-order valence-corrected chi connectivity index (χ1v) is 15.5. The van der Waals surface area contributed by atoms with Crippen LogP contribution in [0.5, 0.6) is 0 Å². The second-order valence-electron chi connectivity index (χ2n) is 10.8. The molecule has 0 spiro atoms. The first-order chi connectivity index (χ1) is 20.1. The molecule has 2 aliphatic rings. The van der Waals surface area contributed by atoms with Crippen molar-refractivity contribution in [1.29, 1.82) is 0 Å². The lowest BCUT2D eigenvalue weighted by atomic mass is 10.0. The first-order valence-electron chi connectivity index (χ1n) is 14.5. The Hall–Kier alpha value is -3.81. The van der Waals surface area contributed by atoms with Crippen LogP contribution < -0.4 is 5.32 Å². The van der Waals surface area contributed by atoms with Crippen LogP contribution in [0.1, 0.15) is 66.4 Å². The number of hydrogen-bond acceptors (Lipinski definition) is 5. The van der Waals surface area contributed by atoms with E-state index in [9.17, 15) is 13.2 Å². The van der Waals surface area contributed by atoms with Gasteiger partial charge in [0.25, 0.3) is 0 Å². The predicted molar refractivity (Wildman–Crippen MR) is 164 cm³/mol. The Morgan fingerprint density at radius 1 is 0.829 bits per heavy atom. The Morgan fingerprint density at radius 3 is 2.10 bits per heavy atom. The zero-order valence-corrected chi connectivity index (χ0v) is 24.1. The number of rotatable bonds is 7. The summed E-state index contributed by atoms with van der Waals surface area (Å²) in [4.78, 5) is 15.3. The monoisotopic (exact) mass is 567 g/mol. The van der Waals surface area contributed by atoms with Crippen molar-refractivity contribution in [3.63, 3.8) is 0 Å². The topological polar surface area (TPSA) is 78.8 Å². The largest absolute Gasteiger partial charge is 0.349 e. The number of piperidine rings is 1. The van der Waals surface area contributed by atoms with Gasteiger partial charge in [-0.1, -0.05) is 103 Å². The third-order valence-corrected chi connectivity index (χ3v) is 8.41. The molecule has 4 aromatic carbocycles. The molecule has 6 nitrogen and oxygen atoms in total. The molecule has 0 saturated carbocycles. The van der Waals surface area contributed by atoms with Gasteiger partial charge < -0.3 is 5.32 Å². The second kappa shape index (κ2) is 14.2. The van der Waals surface area contributed by atoms with Crippen molar-refractivity contribution in [1.82, 2.24) is 10.2 Å². The molecule has 0 radical (unpaired) electrons. The number of amides is 1. The lowest BCUT2D eigenvalue weighted by molar-refractivity contribution is -0.122. The van der Waals surface area contributed by atoms with E-state index in [0.717, 1.165) is 38.0 Å². The second-order valence-corrected chi connectivity index (χ2v) is 11.4. The van der Waals surface area contributed by atoms with Gasteiger partial charge in [0.05, 0.1) is 12.5 Å². The average molecular weight is 568 g/mol. The van der Waals surface area contributed by atoms with Gasteiger partial charge >= 0.3 is 10.5 Å². The number of fused-ring (bicyclic) bond motifs is 2. The summed E-state index contributed by atoms with van der Waals surface area (Å²) in [6.07, 6.45) is 5.72. The lowest BCUT2D eigenvalue weighted by Gasteiger charge is -2.27. The molecular formula is C34H37N3O3S. The van der Waals surface area contributed by atoms with Gasteiger partial charge in [-0.2, -0.15) is 12.8 Å². The van der Waals surface area contributed by atoms with Gasteiger partial charge in [0.15, 0.2) is 0 Å². The molecule has 1 aliphatic carbocycles. The zero-order chi connectivity index (χ0) is 28.4. The predicted octanol–water partition coefficient (Wildman–Crippen LogP) is 6.81. The minimum absolute atomic E-state index is 0.0112. The quantitative estimate of drug-likeness (QED) is 0.266. The van der Waals surface area contributed by atoms with E-state index < -0.39 is 16.5 Å². The molecule has 1 heterocycles. The number of carbonyl (C=O) groups is 1. The summed E-state index contributed by atoms with van der Waals surface area (Å²) in [5, 5.41) is 5.75. The maximum absolute atomic E-state index is 12.8. The fourth-order valence-corrected chi connectivity index (χ4v) is 6.35. The number of likely N-dealkylation sites (tertiary alicyclic amines) is 1. The van der Waals surface area contributed by atoms with Crippen molar-refractivity contribution in [2.45, 2.75) is 57.2 Å². The maximum atomic E-state index is 12.8. The number of nitrogens with zero attached hydrogens (tertiary/aromatic N) is 2. The van der Waals surface area contributed by atoms with Gasteiger partial charge in [0.2, 0.25) is 5.91 Å². The number of benzene rings is 4. The van der Waals surface area contributed by atoms with Crippen molar-refractivity contribution >= 4 is 27.2 Å². The van der Waals surface area contributed by atoms with Gasteiger partial charge in [0, 0.05) is 6.54 Å². The summed E-state index contributed by atoms with van der Waals surface area (Å²) in [5.74, 6) is -0.178. The van der Waals surface area contributed by atoms with E-state index >= 15 is 0 Å².